The van der Waals surface area contributed by atoms with Gasteiger partial charge < -0.3 is 19.5 Å². The van der Waals surface area contributed by atoms with E-state index in [2.05, 4.69) is 64.2 Å². The second kappa shape index (κ2) is 6.85. The van der Waals surface area contributed by atoms with Crippen molar-refractivity contribution in [2.45, 2.75) is 13.0 Å². The van der Waals surface area contributed by atoms with Gasteiger partial charge in [0.25, 0.3) is 0 Å². The molecule has 150 valence electrons. The Kier molecular flexibility index (Phi) is 3.99. The molecule has 1 fully saturated rings. The topological polar surface area (TPSA) is 57.3 Å². The Balaban J connectivity index is 1.53. The molecule has 0 aliphatic carbocycles. The molecule has 1 saturated heterocycles. The summed E-state index contributed by atoms with van der Waals surface area (Å²) in [5, 5.41) is 1.14. The summed E-state index contributed by atoms with van der Waals surface area (Å²) < 4.78 is 5.81. The molecule has 30 heavy (non-hydrogen) atoms. The van der Waals surface area contributed by atoms with E-state index in [9.17, 15) is 0 Å². The third-order valence-corrected chi connectivity index (χ3v) is 6.18. The fourth-order valence-corrected chi connectivity index (χ4v) is 4.67. The molecule has 2 aliphatic rings. The van der Waals surface area contributed by atoms with Gasteiger partial charge in [-0.1, -0.05) is 30.3 Å². The summed E-state index contributed by atoms with van der Waals surface area (Å²) >= 11 is 0. The second-order valence-corrected chi connectivity index (χ2v) is 7.97. The number of H-pyrrole nitrogens is 1. The molecule has 2 aromatic heterocycles. The number of para-hydroxylation sites is 1. The zero-order chi connectivity index (χ0) is 20.1. The Morgan fingerprint density at radius 2 is 2.00 bits per heavy atom. The number of fused-ring (bicyclic) bond motifs is 4. The van der Waals surface area contributed by atoms with Gasteiger partial charge in [0.05, 0.1) is 25.5 Å². The molecule has 4 heterocycles. The van der Waals surface area contributed by atoms with Crippen molar-refractivity contribution in [1.29, 1.82) is 0 Å². The summed E-state index contributed by atoms with van der Waals surface area (Å²) in [6.07, 6.45) is 3.95. The molecule has 4 aromatic rings. The highest BCUT2D eigenvalue weighted by atomic mass is 16.5. The van der Waals surface area contributed by atoms with Gasteiger partial charge in [0.15, 0.2) is 11.6 Å². The van der Waals surface area contributed by atoms with Crippen LogP contribution in [0.3, 0.4) is 0 Å². The van der Waals surface area contributed by atoms with E-state index in [-0.39, 0.29) is 6.04 Å². The Labute approximate surface area is 175 Å². The number of benzene rings is 2. The van der Waals surface area contributed by atoms with Crippen LogP contribution in [0.2, 0.25) is 0 Å². The number of aromatic nitrogens is 3. The summed E-state index contributed by atoms with van der Waals surface area (Å²) in [6, 6.07) is 17.1. The minimum Gasteiger partial charge on any atom is -0.377 e. The molecule has 2 aromatic carbocycles. The maximum atomic E-state index is 5.81. The quantitative estimate of drug-likeness (QED) is 0.547. The lowest BCUT2D eigenvalue weighted by Crippen LogP contribution is -2.54. The lowest BCUT2D eigenvalue weighted by molar-refractivity contribution is 0.0945. The lowest BCUT2D eigenvalue weighted by atomic mass is 10.1. The van der Waals surface area contributed by atoms with Crippen molar-refractivity contribution in [2.24, 2.45) is 0 Å². The van der Waals surface area contributed by atoms with Crippen LogP contribution in [0, 0.1) is 6.92 Å². The fraction of sp³-hybridized carbons (Fsp3) is 0.250. The highest BCUT2D eigenvalue weighted by Crippen LogP contribution is 2.41. The van der Waals surface area contributed by atoms with E-state index in [0.717, 1.165) is 53.5 Å². The number of rotatable bonds is 2. The van der Waals surface area contributed by atoms with Crippen molar-refractivity contribution in [3.8, 4) is 11.4 Å². The van der Waals surface area contributed by atoms with Crippen LogP contribution in [0.25, 0.3) is 22.3 Å². The number of hydrogen-bond acceptors (Lipinski definition) is 5. The third kappa shape index (κ3) is 2.68. The first-order chi connectivity index (χ1) is 14.8. The summed E-state index contributed by atoms with van der Waals surface area (Å²) in [7, 11) is 0. The molecule has 0 spiro atoms. The van der Waals surface area contributed by atoms with Crippen LogP contribution >= 0.6 is 0 Å². The summed E-state index contributed by atoms with van der Waals surface area (Å²) in [4.78, 5) is 17.9. The first kappa shape index (κ1) is 17.5. The standard InChI is InChI=1S/C24H23N5O/c1-16-5-2-3-8-21(16)29-14-17-15-30-12-11-28(17)24-22(29)13-26-23(27-24)19-6-4-7-20-18(19)9-10-25-20/h2-10,13,17,25H,11-12,14-15H2,1H3. The molecule has 0 saturated carbocycles. The average Bonchev–Trinajstić information content (AvgIpc) is 3.28. The van der Waals surface area contributed by atoms with Crippen LogP contribution in [0.4, 0.5) is 17.2 Å². The molecule has 0 bridgehead atoms. The molecule has 6 nitrogen and oxygen atoms in total. The molecule has 1 atom stereocenters. The fourth-order valence-electron chi connectivity index (χ4n) is 4.67. The van der Waals surface area contributed by atoms with Crippen LogP contribution in [0.5, 0.6) is 0 Å². The van der Waals surface area contributed by atoms with Gasteiger partial charge in [-0.05, 0) is 30.7 Å². The number of nitrogens with zero attached hydrogens (tertiary/aromatic N) is 4. The van der Waals surface area contributed by atoms with Crippen LogP contribution in [0.1, 0.15) is 5.56 Å². The normalized spacial score (nSPS) is 18.4. The first-order valence-electron chi connectivity index (χ1n) is 10.4. The number of ether oxygens (including phenoxy) is 1. The van der Waals surface area contributed by atoms with Gasteiger partial charge >= 0.3 is 0 Å². The van der Waals surface area contributed by atoms with Crippen molar-refractivity contribution >= 4 is 28.1 Å². The van der Waals surface area contributed by atoms with E-state index in [1.807, 2.05) is 18.5 Å². The highest BCUT2D eigenvalue weighted by Gasteiger charge is 2.35. The zero-order valence-corrected chi connectivity index (χ0v) is 16.9. The summed E-state index contributed by atoms with van der Waals surface area (Å²) in [5.74, 6) is 1.76. The smallest absolute Gasteiger partial charge is 0.162 e. The maximum Gasteiger partial charge on any atom is 0.162 e. The van der Waals surface area contributed by atoms with Gasteiger partial charge in [0.2, 0.25) is 0 Å². The highest BCUT2D eigenvalue weighted by molar-refractivity contribution is 5.94. The first-order valence-corrected chi connectivity index (χ1v) is 10.4. The van der Waals surface area contributed by atoms with Crippen molar-refractivity contribution in [3.63, 3.8) is 0 Å². The van der Waals surface area contributed by atoms with E-state index < -0.39 is 0 Å². The average molecular weight is 397 g/mol. The maximum absolute atomic E-state index is 5.81. The molecule has 0 amide bonds. The van der Waals surface area contributed by atoms with Crippen LogP contribution in [-0.2, 0) is 4.74 Å². The third-order valence-electron chi connectivity index (χ3n) is 6.18. The van der Waals surface area contributed by atoms with Crippen molar-refractivity contribution in [1.82, 2.24) is 15.0 Å². The largest absolute Gasteiger partial charge is 0.377 e. The van der Waals surface area contributed by atoms with Crippen LogP contribution in [-0.4, -0.2) is 47.3 Å². The minimum absolute atomic E-state index is 0.275. The minimum atomic E-state index is 0.275. The Hall–Kier alpha value is -3.38. The zero-order valence-electron chi connectivity index (χ0n) is 16.9. The SMILES string of the molecule is Cc1ccccc1N1CC2COCCN2c2nc(-c3cccc4[nH]ccc34)ncc21. The Morgan fingerprint density at radius 1 is 1.07 bits per heavy atom. The monoisotopic (exact) mass is 397 g/mol. The summed E-state index contributed by atoms with van der Waals surface area (Å²) in [6.45, 7) is 5.32. The van der Waals surface area contributed by atoms with Crippen molar-refractivity contribution < 1.29 is 4.74 Å². The van der Waals surface area contributed by atoms with Gasteiger partial charge in [-0.15, -0.1) is 0 Å². The van der Waals surface area contributed by atoms with E-state index in [1.54, 1.807) is 0 Å². The van der Waals surface area contributed by atoms with E-state index in [0.29, 0.717) is 6.61 Å². The van der Waals surface area contributed by atoms with Crippen LogP contribution < -0.4 is 9.80 Å². The number of nitrogens with one attached hydrogen (secondary N) is 1. The summed E-state index contributed by atoms with van der Waals surface area (Å²) in [5.41, 5.74) is 5.66. The number of aryl methyl sites for hydroxylation is 1. The lowest BCUT2D eigenvalue weighted by Gasteiger charge is -2.45. The molecule has 1 N–H and O–H groups in total. The molecular weight excluding hydrogens is 374 g/mol. The molecular formula is C24H23N5O. The molecule has 6 heteroatoms. The molecule has 1 unspecified atom stereocenters. The Bertz CT molecular complexity index is 1230. The van der Waals surface area contributed by atoms with Gasteiger partial charge in [-0.2, -0.15) is 0 Å². The number of morpholine rings is 1. The van der Waals surface area contributed by atoms with Gasteiger partial charge in [-0.3, -0.25) is 0 Å². The molecule has 0 radical (unpaired) electrons. The van der Waals surface area contributed by atoms with E-state index in [1.165, 1.54) is 11.3 Å². The molecule has 6 rings (SSSR count). The Morgan fingerprint density at radius 3 is 2.93 bits per heavy atom. The van der Waals surface area contributed by atoms with Gasteiger partial charge in [0.1, 0.15) is 5.69 Å². The number of hydrogen-bond donors (Lipinski definition) is 1. The second-order valence-electron chi connectivity index (χ2n) is 7.97. The van der Waals surface area contributed by atoms with Crippen molar-refractivity contribution in [3.05, 3.63) is 66.5 Å². The predicted molar refractivity (Wildman–Crippen MR) is 119 cm³/mol. The number of aromatic amines is 1. The number of anilines is 3. The van der Waals surface area contributed by atoms with Gasteiger partial charge in [0, 0.05) is 41.4 Å². The van der Waals surface area contributed by atoms with Gasteiger partial charge in [-0.25, -0.2) is 9.97 Å². The molecule has 2 aliphatic heterocycles. The predicted octanol–water partition coefficient (Wildman–Crippen LogP) is 4.29. The van der Waals surface area contributed by atoms with Crippen molar-refractivity contribution in [2.75, 3.05) is 36.1 Å². The van der Waals surface area contributed by atoms with E-state index >= 15 is 0 Å². The van der Waals surface area contributed by atoms with E-state index in [4.69, 9.17) is 14.7 Å². The van der Waals surface area contributed by atoms with Crippen LogP contribution in [0.15, 0.2) is 60.9 Å².